The standard InChI is InChI=1S/H3INOP/c2-1(3)4/h2H,4H2. The average molecular weight is 191 g/mol. The maximum atomic E-state index is 9.31. The van der Waals surface area contributed by atoms with Crippen molar-refractivity contribution < 1.29 is 3.07 Å². The fourth-order valence-electron chi connectivity index (χ4n) is 0. The van der Waals surface area contributed by atoms with Gasteiger partial charge in [0.05, 0.1) is 0 Å². The molecule has 0 saturated carbocycles. The molecule has 4 heteroatoms. The van der Waals surface area contributed by atoms with E-state index >= 15 is 0 Å². The molecule has 1 unspecified atom stereocenters. The van der Waals surface area contributed by atoms with E-state index in [-0.39, 0.29) is 0 Å². The molecule has 0 heterocycles. The number of rotatable bonds is 0. The number of hydrogen-bond acceptors (Lipinski definition) is 2. The Bertz CT molecular complexity index is 56.4. The van der Waals surface area contributed by atoms with Crippen molar-refractivity contribution in [3.8, 4) is 0 Å². The lowest BCUT2D eigenvalue weighted by atomic mass is 14.0. The summed E-state index contributed by atoms with van der Waals surface area (Å²) in [6, 6.07) is 0. The topological polar surface area (TPSA) is 40.9 Å². The van der Waals surface area contributed by atoms with Gasteiger partial charge in [0.1, 0.15) is 0 Å². The van der Waals surface area contributed by atoms with Gasteiger partial charge in [0.25, 0.3) is 0 Å². The molecule has 1 N–H and O–H groups in total. The fraction of sp³-hybridized carbons (Fsp3) is 0. The summed E-state index contributed by atoms with van der Waals surface area (Å²) in [7, 11) is 0. The van der Waals surface area contributed by atoms with Crippen LogP contribution in [0.5, 0.6) is 0 Å². The normalized spacial score (nSPS) is 8.50. The zero-order valence-corrected chi connectivity index (χ0v) is 5.18. The van der Waals surface area contributed by atoms with E-state index < -0.39 is 19.1 Å². The van der Waals surface area contributed by atoms with Gasteiger partial charge in [-0.2, -0.15) is 0 Å². The van der Waals surface area contributed by atoms with Gasteiger partial charge < -0.3 is 0 Å². The molecule has 0 spiro atoms. The van der Waals surface area contributed by atoms with E-state index in [2.05, 4.69) is 0 Å². The molecule has 0 aliphatic carbocycles. The van der Waals surface area contributed by atoms with Gasteiger partial charge in [-0.1, -0.05) is 0 Å². The van der Waals surface area contributed by atoms with E-state index in [1.807, 2.05) is 6.88 Å². The lowest BCUT2D eigenvalue weighted by Gasteiger charge is -1.40. The van der Waals surface area contributed by atoms with Crippen LogP contribution in [0.4, 0.5) is 0 Å². The first-order valence-corrected chi connectivity index (χ1v) is 6.69. The second kappa shape index (κ2) is 2.03. The highest BCUT2D eigenvalue weighted by molar-refractivity contribution is 14.2. The van der Waals surface area contributed by atoms with Crippen LogP contribution in [0, 0.1) is 3.56 Å². The second-order valence-corrected chi connectivity index (χ2v) is 4.51. The number of nitrogens with one attached hydrogen (secondary N) is 1. The van der Waals surface area contributed by atoms with Crippen LogP contribution in [-0.4, -0.2) is 0 Å². The van der Waals surface area contributed by atoms with Crippen LogP contribution in [0.25, 0.3) is 0 Å². The zero-order valence-electron chi connectivity index (χ0n) is 1.86. The van der Waals surface area contributed by atoms with E-state index in [0.29, 0.717) is 0 Å². The van der Waals surface area contributed by atoms with Gasteiger partial charge in [-0.15, -0.1) is 0 Å². The lowest BCUT2D eigenvalue weighted by molar-refractivity contribution is 0.647. The first-order chi connectivity index (χ1) is 1.73. The van der Waals surface area contributed by atoms with Gasteiger partial charge in [-0.05, 0) is 6.88 Å². The molecule has 0 aromatic heterocycles. The van der Waals surface area contributed by atoms with Gasteiger partial charge in [0.2, 0.25) is 0 Å². The maximum absolute atomic E-state index is 9.31. The summed E-state index contributed by atoms with van der Waals surface area (Å²) in [5.74, 6) is 0. The van der Waals surface area contributed by atoms with Crippen molar-refractivity contribution in [2.24, 2.45) is 0 Å². The summed E-state index contributed by atoms with van der Waals surface area (Å²) in [5.41, 5.74) is 0. The van der Waals surface area contributed by atoms with Crippen LogP contribution in [0.3, 0.4) is 0 Å². The fourth-order valence-corrected chi connectivity index (χ4v) is 0. The van der Waals surface area contributed by atoms with E-state index in [1.54, 1.807) is 0 Å². The molecule has 0 saturated heterocycles. The Morgan fingerprint density at radius 2 is 2.00 bits per heavy atom. The summed E-state index contributed by atoms with van der Waals surface area (Å²) < 4.78 is 15.5. The van der Waals surface area contributed by atoms with Crippen molar-refractivity contribution in [1.29, 1.82) is 3.56 Å². The van der Waals surface area contributed by atoms with Crippen LogP contribution in [0.15, 0.2) is 0 Å². The second-order valence-electron chi connectivity index (χ2n) is 0.275. The van der Waals surface area contributed by atoms with Crippen molar-refractivity contribution in [3.05, 3.63) is 0 Å². The lowest BCUT2D eigenvalue weighted by Crippen LogP contribution is -0.873. The third-order valence-electron chi connectivity index (χ3n) is 0. The third kappa shape index (κ3) is 14.8. The summed E-state index contributed by atoms with van der Waals surface area (Å²) in [4.78, 5) is 0. The molecule has 0 bridgehead atoms. The molecular formula is H3INOP. The molecular weight excluding hydrogens is 188 g/mol. The Balaban J connectivity index is 3.51. The largest absolute Gasteiger partial charge is 0.255 e. The number of hydrogen-bond donors (Lipinski definition) is 1. The Hall–Kier alpha value is 0.760. The van der Waals surface area contributed by atoms with Gasteiger partial charge in [0, 0.05) is 0 Å². The maximum Gasteiger partial charge on any atom is 0.190 e. The van der Waals surface area contributed by atoms with Crippen LogP contribution in [-0.2, 0) is 3.07 Å². The van der Waals surface area contributed by atoms with Crippen molar-refractivity contribution in [3.63, 3.8) is 0 Å². The third-order valence-corrected chi connectivity index (χ3v) is 0. The minimum atomic E-state index is -2.35. The molecule has 0 radical (unpaired) electrons. The molecule has 1 atom stereocenters. The molecule has 0 rings (SSSR count). The van der Waals surface area contributed by atoms with Crippen LogP contribution in [0.1, 0.15) is 0 Å². The van der Waals surface area contributed by atoms with Crippen molar-refractivity contribution in [2.75, 3.05) is 0 Å². The summed E-state index contributed by atoms with van der Waals surface area (Å²) >= 11 is -2.35. The monoisotopic (exact) mass is 191 g/mol. The molecule has 0 fully saturated rings. The Kier molecular flexibility index (Phi) is 2.41. The summed E-state index contributed by atoms with van der Waals surface area (Å²) in [6.07, 6.45) is 0. The molecule has 0 amide bonds. The van der Waals surface area contributed by atoms with Crippen molar-refractivity contribution in [2.45, 2.75) is 0 Å². The summed E-state index contributed by atoms with van der Waals surface area (Å²) in [5, 5.41) is 0. The molecule has 2 nitrogen and oxygen atoms in total. The average Bonchev–Trinajstić information content (AvgIpc) is 0.811. The highest BCUT2D eigenvalue weighted by Crippen LogP contribution is 2.14. The van der Waals surface area contributed by atoms with Gasteiger partial charge >= 0.3 is 0 Å². The molecule has 26 valence electrons. The highest BCUT2D eigenvalue weighted by Gasteiger charge is 1.45. The first kappa shape index (κ1) is 4.76. The van der Waals surface area contributed by atoms with Crippen molar-refractivity contribution in [1.82, 2.24) is 0 Å². The zero-order chi connectivity index (χ0) is 3.58. The van der Waals surface area contributed by atoms with E-state index in [9.17, 15) is 3.07 Å². The van der Waals surface area contributed by atoms with Crippen LogP contribution in [0.2, 0.25) is 0 Å². The van der Waals surface area contributed by atoms with Crippen LogP contribution < -0.4 is 0 Å². The van der Waals surface area contributed by atoms with Crippen LogP contribution >= 0.6 is 26.0 Å². The molecule has 0 aliphatic heterocycles. The molecule has 0 aromatic rings. The van der Waals surface area contributed by atoms with Gasteiger partial charge in [0.15, 0.2) is 19.1 Å². The Morgan fingerprint density at radius 3 is 2.00 bits per heavy atom. The highest BCUT2D eigenvalue weighted by atomic mass is 127. The molecule has 4 heavy (non-hydrogen) atoms. The first-order valence-electron chi connectivity index (χ1n) is 0.562. The van der Waals surface area contributed by atoms with Gasteiger partial charge in [-0.3, -0.25) is 3.07 Å². The van der Waals surface area contributed by atoms with E-state index in [1.165, 1.54) is 0 Å². The number of halogens is 1. The molecule has 0 aromatic carbocycles. The predicted octanol–water partition coefficient (Wildman–Crippen LogP) is 1.39. The van der Waals surface area contributed by atoms with E-state index in [4.69, 9.17) is 3.56 Å². The SMILES string of the molecule is N=I(=O)P. The smallest absolute Gasteiger partial charge is 0.190 e. The minimum absolute atomic E-state index is 1.93. The predicted molar refractivity (Wildman–Crippen MR) is 27.1 cm³/mol. The molecule has 0 aliphatic rings. The minimum Gasteiger partial charge on any atom is -0.255 e. The van der Waals surface area contributed by atoms with E-state index in [0.717, 1.165) is 0 Å². The Morgan fingerprint density at radius 1 is 2.00 bits per heavy atom. The Labute approximate surface area is 33.0 Å². The van der Waals surface area contributed by atoms with Crippen molar-refractivity contribution >= 4 is 26.0 Å². The van der Waals surface area contributed by atoms with Gasteiger partial charge in [-0.25, -0.2) is 3.56 Å². The summed E-state index contributed by atoms with van der Waals surface area (Å²) in [6.45, 7) is 1.93. The quantitative estimate of drug-likeness (QED) is 0.456.